The summed E-state index contributed by atoms with van der Waals surface area (Å²) in [5.74, 6) is -0.646. The van der Waals surface area contributed by atoms with E-state index in [0.717, 1.165) is 10.0 Å². The van der Waals surface area contributed by atoms with Gasteiger partial charge in [-0.1, -0.05) is 27.5 Å². The summed E-state index contributed by atoms with van der Waals surface area (Å²) in [6.45, 7) is 1.70. The third kappa shape index (κ3) is 3.37. The Kier molecular flexibility index (Phi) is 4.58. The summed E-state index contributed by atoms with van der Waals surface area (Å²) >= 11 is 9.25. The van der Waals surface area contributed by atoms with E-state index in [1.54, 1.807) is 6.07 Å². The van der Waals surface area contributed by atoms with Crippen molar-refractivity contribution < 1.29 is 14.6 Å². The van der Waals surface area contributed by atoms with Crippen LogP contribution in [0, 0.1) is 6.92 Å². The van der Waals surface area contributed by atoms with Gasteiger partial charge in [-0.25, -0.2) is 0 Å². The molecule has 16 heavy (non-hydrogen) atoms. The van der Waals surface area contributed by atoms with Gasteiger partial charge in [-0.2, -0.15) is 0 Å². The van der Waals surface area contributed by atoms with E-state index in [9.17, 15) is 4.79 Å². The van der Waals surface area contributed by atoms with Gasteiger partial charge in [-0.05, 0) is 24.6 Å². The molecule has 1 unspecified atom stereocenters. The first-order chi connectivity index (χ1) is 7.41. The number of halogens is 2. The largest absolute Gasteiger partial charge is 0.489 e. The summed E-state index contributed by atoms with van der Waals surface area (Å²) in [6, 6.07) is 2.45. The Bertz CT molecular complexity index is 388. The van der Waals surface area contributed by atoms with Gasteiger partial charge in [-0.15, -0.1) is 0 Å². The fraction of sp³-hybridized carbons (Fsp3) is 0.300. The van der Waals surface area contributed by atoms with E-state index in [1.165, 1.54) is 0 Å². The van der Waals surface area contributed by atoms with Crippen LogP contribution in [-0.2, 0) is 4.79 Å². The number of carboxylic acids is 1. The molecular weight excluding hydrogens is 297 g/mol. The van der Waals surface area contributed by atoms with Crippen molar-refractivity contribution in [3.05, 3.63) is 27.2 Å². The standard InChI is InChI=1S/C10H11BrClNO3/c1-5-2-6(11)3-7(12)9(5)16-4-8(13)10(14)15/h2-3,8H,4,13H2,1H3,(H,14,15). The minimum atomic E-state index is -1.11. The molecule has 0 amide bonds. The Morgan fingerprint density at radius 2 is 2.31 bits per heavy atom. The van der Waals surface area contributed by atoms with E-state index in [-0.39, 0.29) is 6.61 Å². The highest BCUT2D eigenvalue weighted by Gasteiger charge is 2.14. The number of carbonyl (C=O) groups is 1. The molecule has 0 radical (unpaired) electrons. The molecule has 6 heteroatoms. The van der Waals surface area contributed by atoms with Gasteiger partial charge in [0.15, 0.2) is 0 Å². The van der Waals surface area contributed by atoms with Crippen molar-refractivity contribution in [3.63, 3.8) is 0 Å². The zero-order valence-electron chi connectivity index (χ0n) is 8.54. The van der Waals surface area contributed by atoms with Crippen LogP contribution in [0.25, 0.3) is 0 Å². The van der Waals surface area contributed by atoms with Crippen LogP contribution in [-0.4, -0.2) is 23.7 Å². The lowest BCUT2D eigenvalue weighted by atomic mass is 10.2. The Balaban J connectivity index is 2.78. The fourth-order valence-corrected chi connectivity index (χ4v) is 2.14. The van der Waals surface area contributed by atoms with Crippen LogP contribution < -0.4 is 10.5 Å². The molecule has 1 rings (SSSR count). The van der Waals surface area contributed by atoms with Crippen LogP contribution in [0.4, 0.5) is 0 Å². The maximum absolute atomic E-state index is 10.5. The first-order valence-electron chi connectivity index (χ1n) is 4.48. The highest BCUT2D eigenvalue weighted by atomic mass is 79.9. The Hall–Kier alpha value is -0.780. The van der Waals surface area contributed by atoms with E-state index >= 15 is 0 Å². The maximum Gasteiger partial charge on any atom is 0.324 e. The molecule has 0 spiro atoms. The van der Waals surface area contributed by atoms with Crippen LogP contribution in [0.15, 0.2) is 16.6 Å². The first-order valence-corrected chi connectivity index (χ1v) is 5.65. The summed E-state index contributed by atoms with van der Waals surface area (Å²) in [5.41, 5.74) is 6.13. The molecule has 0 saturated heterocycles. The zero-order chi connectivity index (χ0) is 12.3. The molecule has 0 saturated carbocycles. The number of aliphatic carboxylic acids is 1. The van der Waals surface area contributed by atoms with Crippen molar-refractivity contribution in [3.8, 4) is 5.75 Å². The second-order valence-corrected chi connectivity index (χ2v) is 4.61. The number of rotatable bonds is 4. The van der Waals surface area contributed by atoms with E-state index in [2.05, 4.69) is 15.9 Å². The minimum Gasteiger partial charge on any atom is -0.489 e. The van der Waals surface area contributed by atoms with E-state index in [0.29, 0.717) is 10.8 Å². The van der Waals surface area contributed by atoms with Crippen molar-refractivity contribution in [2.24, 2.45) is 5.73 Å². The summed E-state index contributed by atoms with van der Waals surface area (Å²) in [6.07, 6.45) is 0. The Labute approximate surface area is 106 Å². The van der Waals surface area contributed by atoms with E-state index < -0.39 is 12.0 Å². The third-order valence-corrected chi connectivity index (χ3v) is 2.66. The zero-order valence-corrected chi connectivity index (χ0v) is 10.9. The number of aryl methyl sites for hydroxylation is 1. The predicted molar refractivity (Wildman–Crippen MR) is 65.0 cm³/mol. The normalized spacial score (nSPS) is 12.2. The molecular formula is C10H11BrClNO3. The van der Waals surface area contributed by atoms with Crippen LogP contribution in [0.1, 0.15) is 5.56 Å². The predicted octanol–water partition coefficient (Wildman–Crippen LogP) is 2.20. The van der Waals surface area contributed by atoms with Gasteiger partial charge < -0.3 is 15.6 Å². The average Bonchev–Trinajstić information content (AvgIpc) is 2.15. The second kappa shape index (κ2) is 5.52. The molecule has 0 aliphatic rings. The van der Waals surface area contributed by atoms with Gasteiger partial charge in [0.25, 0.3) is 0 Å². The van der Waals surface area contributed by atoms with Crippen molar-refractivity contribution >= 4 is 33.5 Å². The van der Waals surface area contributed by atoms with Crippen molar-refractivity contribution in [1.82, 2.24) is 0 Å². The number of hydrogen-bond acceptors (Lipinski definition) is 3. The topological polar surface area (TPSA) is 72.5 Å². The van der Waals surface area contributed by atoms with Gasteiger partial charge in [0.1, 0.15) is 18.4 Å². The molecule has 88 valence electrons. The summed E-state index contributed by atoms with van der Waals surface area (Å²) in [4.78, 5) is 10.5. The summed E-state index contributed by atoms with van der Waals surface area (Å²) < 4.78 is 6.12. The molecule has 0 heterocycles. The highest BCUT2D eigenvalue weighted by Crippen LogP contribution is 2.31. The van der Waals surface area contributed by atoms with E-state index in [4.69, 9.17) is 27.2 Å². The monoisotopic (exact) mass is 307 g/mol. The molecule has 0 fully saturated rings. The van der Waals surface area contributed by atoms with Crippen molar-refractivity contribution in [1.29, 1.82) is 0 Å². The van der Waals surface area contributed by atoms with Gasteiger partial charge in [-0.3, -0.25) is 4.79 Å². The molecule has 1 atom stereocenters. The van der Waals surface area contributed by atoms with Crippen LogP contribution in [0.3, 0.4) is 0 Å². The minimum absolute atomic E-state index is 0.114. The molecule has 1 aromatic carbocycles. The number of carboxylic acid groups (broad SMARTS) is 1. The summed E-state index contributed by atoms with van der Waals surface area (Å²) in [5, 5.41) is 9.02. The second-order valence-electron chi connectivity index (χ2n) is 3.29. The third-order valence-electron chi connectivity index (χ3n) is 1.92. The van der Waals surface area contributed by atoms with Gasteiger partial charge in [0.05, 0.1) is 5.02 Å². The van der Waals surface area contributed by atoms with Crippen LogP contribution in [0.2, 0.25) is 5.02 Å². The lowest BCUT2D eigenvalue weighted by Gasteiger charge is -2.13. The summed E-state index contributed by atoms with van der Waals surface area (Å²) in [7, 11) is 0. The SMILES string of the molecule is Cc1cc(Br)cc(Cl)c1OCC(N)C(=O)O. The van der Waals surface area contributed by atoms with Gasteiger partial charge >= 0.3 is 5.97 Å². The van der Waals surface area contributed by atoms with E-state index in [1.807, 2.05) is 13.0 Å². The van der Waals surface area contributed by atoms with Crippen LogP contribution in [0.5, 0.6) is 5.75 Å². The highest BCUT2D eigenvalue weighted by molar-refractivity contribution is 9.10. The molecule has 0 bridgehead atoms. The fourth-order valence-electron chi connectivity index (χ4n) is 1.12. The van der Waals surface area contributed by atoms with Gasteiger partial charge in [0, 0.05) is 4.47 Å². The lowest BCUT2D eigenvalue weighted by molar-refractivity contribution is -0.139. The molecule has 0 aliphatic carbocycles. The number of ether oxygens (including phenoxy) is 1. The first kappa shape index (κ1) is 13.3. The lowest BCUT2D eigenvalue weighted by Crippen LogP contribution is -2.36. The van der Waals surface area contributed by atoms with Crippen molar-refractivity contribution in [2.75, 3.05) is 6.61 Å². The van der Waals surface area contributed by atoms with Gasteiger partial charge in [0.2, 0.25) is 0 Å². The number of hydrogen-bond donors (Lipinski definition) is 2. The molecule has 3 N–H and O–H groups in total. The maximum atomic E-state index is 10.5. The molecule has 0 aromatic heterocycles. The quantitative estimate of drug-likeness (QED) is 0.894. The van der Waals surface area contributed by atoms with Crippen LogP contribution >= 0.6 is 27.5 Å². The Morgan fingerprint density at radius 3 is 2.81 bits per heavy atom. The Morgan fingerprint density at radius 1 is 1.69 bits per heavy atom. The smallest absolute Gasteiger partial charge is 0.324 e. The number of benzene rings is 1. The molecule has 4 nitrogen and oxygen atoms in total. The molecule has 1 aromatic rings. The van der Waals surface area contributed by atoms with Crippen molar-refractivity contribution in [2.45, 2.75) is 13.0 Å². The molecule has 0 aliphatic heterocycles. The number of nitrogens with two attached hydrogens (primary N) is 1. The average molecular weight is 309 g/mol.